The zero-order chi connectivity index (χ0) is 11.1. The summed E-state index contributed by atoms with van der Waals surface area (Å²) in [5.41, 5.74) is 0. The Bertz CT molecular complexity index is 285. The van der Waals surface area contributed by atoms with Gasteiger partial charge in [-0.15, -0.1) is 5.10 Å². The molecule has 0 bridgehead atoms. The fourth-order valence-corrected chi connectivity index (χ4v) is 1.16. The quantitative estimate of drug-likeness (QED) is 0.679. The van der Waals surface area contributed by atoms with Crippen molar-refractivity contribution in [1.29, 1.82) is 0 Å². The third-order valence-electron chi connectivity index (χ3n) is 2.15. The third-order valence-corrected chi connectivity index (χ3v) is 2.15. The molecule has 0 unspecified atom stereocenters. The number of rotatable bonds is 6. The van der Waals surface area contributed by atoms with Gasteiger partial charge < -0.3 is 10.2 Å². The second-order valence-electron chi connectivity index (χ2n) is 3.33. The van der Waals surface area contributed by atoms with Gasteiger partial charge in [-0.05, 0) is 7.05 Å². The molecule has 0 fully saturated rings. The summed E-state index contributed by atoms with van der Waals surface area (Å²) in [6.07, 6.45) is 3.82. The molecular weight excluding hydrogens is 194 g/mol. The number of carbonyl (C=O) groups excluding carboxylic acids is 1. The van der Waals surface area contributed by atoms with Crippen molar-refractivity contribution in [3.05, 3.63) is 12.4 Å². The van der Waals surface area contributed by atoms with Gasteiger partial charge in [0.2, 0.25) is 5.91 Å². The Hall–Kier alpha value is -1.43. The maximum absolute atomic E-state index is 11.6. The van der Waals surface area contributed by atoms with Crippen LogP contribution in [-0.4, -0.2) is 53.0 Å². The topological polar surface area (TPSA) is 63.1 Å². The van der Waals surface area contributed by atoms with E-state index in [-0.39, 0.29) is 5.91 Å². The molecule has 1 heterocycles. The van der Waals surface area contributed by atoms with E-state index in [1.165, 1.54) is 0 Å². The zero-order valence-electron chi connectivity index (χ0n) is 9.18. The lowest BCUT2D eigenvalue weighted by molar-refractivity contribution is -0.130. The Kier molecular flexibility index (Phi) is 4.76. The molecule has 1 aromatic heterocycles. The number of hydrogen-bond acceptors (Lipinski definition) is 4. The lowest BCUT2D eigenvalue weighted by atomic mass is 10.3. The standard InChI is InChI=1S/C9H17N5O/c1-10-4-7-13(2)9(15)3-6-14-8-5-11-12-14/h5,8,10H,3-4,6-7H2,1-2H3. The van der Waals surface area contributed by atoms with Gasteiger partial charge in [-0.1, -0.05) is 5.21 Å². The van der Waals surface area contributed by atoms with Crippen LogP contribution in [0.2, 0.25) is 0 Å². The second kappa shape index (κ2) is 6.13. The van der Waals surface area contributed by atoms with Gasteiger partial charge in [0.05, 0.1) is 12.7 Å². The van der Waals surface area contributed by atoms with E-state index in [4.69, 9.17) is 0 Å². The number of carbonyl (C=O) groups is 1. The number of nitrogens with one attached hydrogen (secondary N) is 1. The number of aromatic nitrogens is 3. The third kappa shape index (κ3) is 4.07. The van der Waals surface area contributed by atoms with Gasteiger partial charge in [-0.25, -0.2) is 0 Å². The molecule has 0 aliphatic rings. The molecule has 1 aromatic rings. The summed E-state index contributed by atoms with van der Waals surface area (Å²) in [5.74, 6) is 0.126. The highest BCUT2D eigenvalue weighted by Crippen LogP contribution is 1.93. The van der Waals surface area contributed by atoms with E-state index in [1.807, 2.05) is 7.05 Å². The van der Waals surface area contributed by atoms with Crippen LogP contribution in [0.4, 0.5) is 0 Å². The summed E-state index contributed by atoms with van der Waals surface area (Å²) in [5, 5.41) is 10.5. The molecule has 0 atom stereocenters. The highest BCUT2D eigenvalue weighted by Gasteiger charge is 2.07. The van der Waals surface area contributed by atoms with Crippen LogP contribution in [0, 0.1) is 0 Å². The smallest absolute Gasteiger partial charge is 0.224 e. The Balaban J connectivity index is 2.23. The van der Waals surface area contributed by atoms with Crippen molar-refractivity contribution in [2.75, 3.05) is 27.2 Å². The normalized spacial score (nSPS) is 10.3. The van der Waals surface area contributed by atoms with Crippen molar-refractivity contribution in [1.82, 2.24) is 25.2 Å². The summed E-state index contributed by atoms with van der Waals surface area (Å²) in [7, 11) is 3.68. The summed E-state index contributed by atoms with van der Waals surface area (Å²) in [6, 6.07) is 0. The molecule has 0 aromatic carbocycles. The van der Waals surface area contributed by atoms with Gasteiger partial charge in [0.1, 0.15) is 0 Å². The molecule has 1 amide bonds. The van der Waals surface area contributed by atoms with Gasteiger partial charge in [0.25, 0.3) is 0 Å². The summed E-state index contributed by atoms with van der Waals surface area (Å²) < 4.78 is 1.66. The summed E-state index contributed by atoms with van der Waals surface area (Å²) in [4.78, 5) is 13.3. The molecule has 0 saturated heterocycles. The fourth-order valence-electron chi connectivity index (χ4n) is 1.16. The maximum Gasteiger partial charge on any atom is 0.224 e. The van der Waals surface area contributed by atoms with E-state index >= 15 is 0 Å². The maximum atomic E-state index is 11.6. The molecule has 84 valence electrons. The monoisotopic (exact) mass is 211 g/mol. The van der Waals surface area contributed by atoms with Crippen molar-refractivity contribution < 1.29 is 4.79 Å². The first-order chi connectivity index (χ1) is 7.24. The fraction of sp³-hybridized carbons (Fsp3) is 0.667. The van der Waals surface area contributed by atoms with E-state index in [0.29, 0.717) is 13.0 Å². The van der Waals surface area contributed by atoms with Crippen molar-refractivity contribution >= 4 is 5.91 Å². The highest BCUT2D eigenvalue weighted by molar-refractivity contribution is 5.75. The molecule has 0 radical (unpaired) electrons. The number of likely N-dealkylation sites (N-methyl/N-ethyl adjacent to an activating group) is 2. The molecule has 0 spiro atoms. The van der Waals surface area contributed by atoms with Crippen molar-refractivity contribution in [2.45, 2.75) is 13.0 Å². The minimum atomic E-state index is 0.126. The first-order valence-electron chi connectivity index (χ1n) is 4.96. The molecule has 0 aliphatic carbocycles. The Labute approximate surface area is 89.3 Å². The predicted octanol–water partition coefficient (Wildman–Crippen LogP) is -0.654. The molecule has 6 heteroatoms. The average Bonchev–Trinajstić information content (AvgIpc) is 2.75. The van der Waals surface area contributed by atoms with Crippen molar-refractivity contribution in [2.24, 2.45) is 0 Å². The molecule has 1 rings (SSSR count). The van der Waals surface area contributed by atoms with E-state index in [1.54, 1.807) is 29.0 Å². The largest absolute Gasteiger partial charge is 0.344 e. The average molecular weight is 211 g/mol. The minimum Gasteiger partial charge on any atom is -0.344 e. The van der Waals surface area contributed by atoms with Gasteiger partial charge in [0.15, 0.2) is 0 Å². The van der Waals surface area contributed by atoms with Crippen LogP contribution in [-0.2, 0) is 11.3 Å². The zero-order valence-corrected chi connectivity index (χ0v) is 9.18. The van der Waals surface area contributed by atoms with Crippen molar-refractivity contribution in [3.63, 3.8) is 0 Å². The Morgan fingerprint density at radius 3 is 3.00 bits per heavy atom. The predicted molar refractivity (Wildman–Crippen MR) is 56.2 cm³/mol. The van der Waals surface area contributed by atoms with Crippen molar-refractivity contribution in [3.8, 4) is 0 Å². The molecule has 0 saturated carbocycles. The van der Waals surface area contributed by atoms with Crippen LogP contribution in [0.5, 0.6) is 0 Å². The van der Waals surface area contributed by atoms with Gasteiger partial charge >= 0.3 is 0 Å². The molecular formula is C9H17N5O. The van der Waals surface area contributed by atoms with Crippen LogP contribution in [0.15, 0.2) is 12.4 Å². The lowest BCUT2D eigenvalue weighted by Gasteiger charge is -2.16. The summed E-state index contributed by atoms with van der Waals surface area (Å²) in [6.45, 7) is 2.13. The van der Waals surface area contributed by atoms with E-state index in [0.717, 1.165) is 13.1 Å². The first kappa shape index (κ1) is 11.6. The lowest BCUT2D eigenvalue weighted by Crippen LogP contribution is -2.33. The molecule has 15 heavy (non-hydrogen) atoms. The number of hydrogen-bond donors (Lipinski definition) is 1. The Morgan fingerprint density at radius 1 is 1.60 bits per heavy atom. The number of nitrogens with zero attached hydrogens (tertiary/aromatic N) is 4. The van der Waals surface area contributed by atoms with Crippen LogP contribution >= 0.6 is 0 Å². The molecule has 1 N–H and O–H groups in total. The first-order valence-corrected chi connectivity index (χ1v) is 4.96. The van der Waals surface area contributed by atoms with Gasteiger partial charge in [0, 0.05) is 32.8 Å². The van der Waals surface area contributed by atoms with Crippen LogP contribution in [0.1, 0.15) is 6.42 Å². The van der Waals surface area contributed by atoms with Crippen LogP contribution in [0.25, 0.3) is 0 Å². The van der Waals surface area contributed by atoms with E-state index < -0.39 is 0 Å². The number of amides is 1. The molecule has 0 aliphatic heterocycles. The summed E-state index contributed by atoms with van der Waals surface area (Å²) >= 11 is 0. The SMILES string of the molecule is CNCCN(C)C(=O)CCn1ccnn1. The highest BCUT2D eigenvalue weighted by atomic mass is 16.2. The Morgan fingerprint density at radius 2 is 2.40 bits per heavy atom. The van der Waals surface area contributed by atoms with Crippen LogP contribution in [0.3, 0.4) is 0 Å². The van der Waals surface area contributed by atoms with Crippen LogP contribution < -0.4 is 5.32 Å². The van der Waals surface area contributed by atoms with Gasteiger partial charge in [-0.3, -0.25) is 9.48 Å². The van der Waals surface area contributed by atoms with Gasteiger partial charge in [-0.2, -0.15) is 0 Å². The van der Waals surface area contributed by atoms with E-state index in [9.17, 15) is 4.79 Å². The van der Waals surface area contributed by atoms with E-state index in [2.05, 4.69) is 15.6 Å². The minimum absolute atomic E-state index is 0.126. The number of aryl methyl sites for hydroxylation is 1. The molecule has 6 nitrogen and oxygen atoms in total. The second-order valence-corrected chi connectivity index (χ2v) is 3.33.